The number of halogens is 2. The summed E-state index contributed by atoms with van der Waals surface area (Å²) in [6, 6.07) is 6.13. The topological polar surface area (TPSA) is 123 Å². The first-order chi connectivity index (χ1) is 20.5. The normalized spacial score (nSPS) is 19.2. The molecule has 11 heteroatoms. The molecule has 3 N–H and O–H groups in total. The van der Waals surface area contributed by atoms with E-state index in [1.165, 1.54) is 0 Å². The third-order valence-electron chi connectivity index (χ3n) is 9.10. The molecule has 9 nitrogen and oxygen atoms in total. The van der Waals surface area contributed by atoms with Crippen molar-refractivity contribution in [3.8, 4) is 23.2 Å². The molecule has 5 heterocycles. The number of H-pyrrole nitrogens is 3. The van der Waals surface area contributed by atoms with Gasteiger partial charge in [0.15, 0.2) is 5.75 Å². The van der Waals surface area contributed by atoms with Crippen molar-refractivity contribution in [3.63, 3.8) is 0 Å². The first-order valence-corrected chi connectivity index (χ1v) is 14.9. The van der Waals surface area contributed by atoms with Crippen LogP contribution in [0.25, 0.3) is 33.3 Å². The van der Waals surface area contributed by atoms with Gasteiger partial charge in [0.1, 0.15) is 29.6 Å². The summed E-state index contributed by atoms with van der Waals surface area (Å²) < 4.78 is 38.0. The molecule has 0 bridgehead atoms. The highest BCUT2D eigenvalue weighted by atomic mass is 19.3. The first-order valence-electron chi connectivity index (χ1n) is 14.9. The molecular weight excluding hydrogens is 542 g/mol. The number of hydrogen-bond donors (Lipinski definition) is 3. The molecule has 0 amide bonds. The Kier molecular flexibility index (Phi) is 7.20. The van der Waals surface area contributed by atoms with Crippen molar-refractivity contribution in [2.24, 2.45) is 5.92 Å². The zero-order chi connectivity index (χ0) is 28.8. The van der Waals surface area contributed by atoms with E-state index in [1.807, 2.05) is 12.1 Å². The van der Waals surface area contributed by atoms with Gasteiger partial charge >= 0.3 is 0 Å². The third kappa shape index (κ3) is 5.07. The Bertz CT molecular complexity index is 1700. The lowest BCUT2D eigenvalue weighted by atomic mass is 9.87. The molecule has 2 saturated heterocycles. The van der Waals surface area contributed by atoms with Crippen molar-refractivity contribution in [2.75, 3.05) is 39.5 Å². The van der Waals surface area contributed by atoms with Gasteiger partial charge in [0.05, 0.1) is 16.6 Å². The Morgan fingerprint density at radius 1 is 1.10 bits per heavy atom. The molecule has 4 aromatic rings. The van der Waals surface area contributed by atoms with E-state index in [-0.39, 0.29) is 23.0 Å². The lowest BCUT2D eigenvalue weighted by Crippen LogP contribution is -2.38. The Labute approximate surface area is 241 Å². The second-order valence-corrected chi connectivity index (χ2v) is 11.9. The van der Waals surface area contributed by atoms with Gasteiger partial charge in [0, 0.05) is 43.0 Å². The van der Waals surface area contributed by atoms with Crippen LogP contribution in [0.2, 0.25) is 0 Å². The van der Waals surface area contributed by atoms with Gasteiger partial charge in [-0.25, -0.2) is 13.8 Å². The fourth-order valence-corrected chi connectivity index (χ4v) is 6.75. The number of aromatic amines is 3. The van der Waals surface area contributed by atoms with Crippen LogP contribution in [0.1, 0.15) is 67.2 Å². The summed E-state index contributed by atoms with van der Waals surface area (Å²) in [7, 11) is 0. The predicted molar refractivity (Wildman–Crippen MR) is 154 cm³/mol. The minimum Gasteiger partial charge on any atom is -0.485 e. The lowest BCUT2D eigenvalue weighted by molar-refractivity contribution is 0.0486. The molecule has 1 saturated carbocycles. The van der Waals surface area contributed by atoms with Gasteiger partial charge in [-0.3, -0.25) is 4.79 Å². The van der Waals surface area contributed by atoms with Gasteiger partial charge in [-0.15, -0.1) is 0 Å². The molecule has 1 aromatic carbocycles. The van der Waals surface area contributed by atoms with Crippen LogP contribution in [0, 0.1) is 17.2 Å². The summed E-state index contributed by atoms with van der Waals surface area (Å²) >= 11 is 0. The molecule has 2 aliphatic heterocycles. The molecule has 3 aromatic heterocycles. The second kappa shape index (κ2) is 11.2. The van der Waals surface area contributed by atoms with Gasteiger partial charge in [-0.1, -0.05) is 6.07 Å². The van der Waals surface area contributed by atoms with E-state index in [9.17, 15) is 18.8 Å². The van der Waals surface area contributed by atoms with Crippen LogP contribution in [0.5, 0.6) is 5.75 Å². The number of imidazole rings is 1. The minimum atomic E-state index is -2.63. The number of ether oxygens (including phenoxy) is 2. The Balaban J connectivity index is 1.23. The number of fused-ring (bicyclic) bond motifs is 2. The molecule has 0 unspecified atom stereocenters. The number of alkyl halides is 2. The standard InChI is InChI=1S/C31H34F2N6O3/c32-24(33)16-42-29-20(18-5-9-39(10-6-18)15-17-7-11-41-12-8-17)3-4-23-28(29)38-30(36-23)25-27-22(14-35-31(25)40)21(13-34)26(37-27)19-1-2-19/h3-4,14,17-19,24,37H,1-2,5-12,15-16H2,(H,35,40)(H,36,38). The number of benzene rings is 1. The van der Waals surface area contributed by atoms with Crippen LogP contribution in [0.3, 0.4) is 0 Å². The van der Waals surface area contributed by atoms with E-state index in [2.05, 4.69) is 25.9 Å². The van der Waals surface area contributed by atoms with E-state index in [4.69, 9.17) is 14.5 Å². The van der Waals surface area contributed by atoms with E-state index in [0.717, 1.165) is 82.6 Å². The zero-order valence-corrected chi connectivity index (χ0v) is 23.3. The molecule has 3 aliphatic rings. The molecule has 220 valence electrons. The number of nitrogens with zero attached hydrogens (tertiary/aromatic N) is 3. The number of likely N-dealkylation sites (tertiary alicyclic amines) is 1. The summed E-state index contributed by atoms with van der Waals surface area (Å²) in [5, 5.41) is 10.5. The Morgan fingerprint density at radius 2 is 1.88 bits per heavy atom. The molecule has 0 spiro atoms. The second-order valence-electron chi connectivity index (χ2n) is 11.9. The molecule has 42 heavy (non-hydrogen) atoms. The van der Waals surface area contributed by atoms with Crippen molar-refractivity contribution < 1.29 is 18.3 Å². The first kappa shape index (κ1) is 27.1. The maximum atomic E-state index is 13.4. The SMILES string of the molecule is N#Cc1c(C2CC2)[nH]c2c(-c3nc4c(OCC(F)F)c(C5CCN(CC6CCOCC6)CC5)ccc4[nH]3)c(=O)[nH]cc12. The largest absolute Gasteiger partial charge is 0.485 e. The molecule has 3 fully saturated rings. The van der Waals surface area contributed by atoms with Gasteiger partial charge in [-0.05, 0) is 75.1 Å². The maximum Gasteiger partial charge on any atom is 0.272 e. The Morgan fingerprint density at radius 3 is 2.60 bits per heavy atom. The van der Waals surface area contributed by atoms with Crippen LogP contribution in [0.4, 0.5) is 8.78 Å². The van der Waals surface area contributed by atoms with Crippen molar-refractivity contribution in [2.45, 2.75) is 56.8 Å². The Hall–Kier alpha value is -3.75. The number of aromatic nitrogens is 4. The highest BCUT2D eigenvalue weighted by Gasteiger charge is 2.31. The average molecular weight is 577 g/mol. The highest BCUT2D eigenvalue weighted by Crippen LogP contribution is 2.44. The van der Waals surface area contributed by atoms with Crippen LogP contribution < -0.4 is 10.3 Å². The van der Waals surface area contributed by atoms with Crippen LogP contribution >= 0.6 is 0 Å². The number of nitriles is 1. The van der Waals surface area contributed by atoms with Gasteiger partial charge < -0.3 is 29.3 Å². The molecule has 7 rings (SSSR count). The van der Waals surface area contributed by atoms with Gasteiger partial charge in [0.25, 0.3) is 12.0 Å². The number of rotatable bonds is 8. The van der Waals surface area contributed by atoms with Gasteiger partial charge in [0.2, 0.25) is 0 Å². The fraction of sp³-hybridized carbons (Fsp3) is 0.516. The van der Waals surface area contributed by atoms with Gasteiger partial charge in [-0.2, -0.15) is 5.26 Å². The number of hydrogen-bond acceptors (Lipinski definition) is 6. The minimum absolute atomic E-state index is 0.155. The smallest absolute Gasteiger partial charge is 0.272 e. The number of pyridine rings is 1. The number of piperidine rings is 1. The summed E-state index contributed by atoms with van der Waals surface area (Å²) in [5.41, 5.74) is 3.75. The van der Waals surface area contributed by atoms with E-state index in [0.29, 0.717) is 45.0 Å². The maximum absolute atomic E-state index is 13.4. The zero-order valence-electron chi connectivity index (χ0n) is 23.3. The molecule has 0 radical (unpaired) electrons. The molecule has 1 aliphatic carbocycles. The van der Waals surface area contributed by atoms with Crippen LogP contribution in [0.15, 0.2) is 23.1 Å². The monoisotopic (exact) mass is 576 g/mol. The molecular formula is C31H34F2N6O3. The van der Waals surface area contributed by atoms with Crippen molar-refractivity contribution in [1.29, 1.82) is 5.26 Å². The summed E-state index contributed by atoms with van der Waals surface area (Å²) in [6.45, 7) is 3.89. The van der Waals surface area contributed by atoms with E-state index in [1.54, 1.807) is 6.20 Å². The summed E-state index contributed by atoms with van der Waals surface area (Å²) in [5.74, 6) is 1.75. The number of nitrogens with one attached hydrogen (secondary N) is 3. The fourth-order valence-electron chi connectivity index (χ4n) is 6.75. The highest BCUT2D eigenvalue weighted by molar-refractivity contribution is 5.98. The quantitative estimate of drug-likeness (QED) is 0.258. The summed E-state index contributed by atoms with van der Waals surface area (Å²) in [4.78, 5) is 29.7. The van der Waals surface area contributed by atoms with E-state index < -0.39 is 13.0 Å². The molecule has 0 atom stereocenters. The van der Waals surface area contributed by atoms with E-state index >= 15 is 0 Å². The van der Waals surface area contributed by atoms with Crippen molar-refractivity contribution in [1.82, 2.24) is 24.8 Å². The summed E-state index contributed by atoms with van der Waals surface area (Å²) in [6.07, 6.45) is 4.93. The van der Waals surface area contributed by atoms with Crippen molar-refractivity contribution >= 4 is 21.9 Å². The lowest BCUT2D eigenvalue weighted by Gasteiger charge is -2.35. The van der Waals surface area contributed by atoms with Crippen LogP contribution in [-0.2, 0) is 4.74 Å². The third-order valence-corrected chi connectivity index (χ3v) is 9.10. The average Bonchev–Trinajstić information content (AvgIpc) is 3.64. The van der Waals surface area contributed by atoms with Crippen molar-refractivity contribution in [3.05, 3.63) is 45.5 Å². The van der Waals surface area contributed by atoms with Crippen LogP contribution in [-0.4, -0.2) is 70.7 Å². The predicted octanol–water partition coefficient (Wildman–Crippen LogP) is 5.40.